The number of nitrogen functional groups attached to an aromatic ring is 1. The van der Waals surface area contributed by atoms with Crippen LogP contribution < -0.4 is 16.0 Å². The van der Waals surface area contributed by atoms with E-state index in [2.05, 4.69) is 5.32 Å². The molecule has 0 heterocycles. The largest absolute Gasteiger partial charge is 0.397 e. The number of aliphatic hydroxyl groups excluding tert-OH is 1. The number of carbonyl (C=O) groups is 1. The van der Waals surface area contributed by atoms with Crippen LogP contribution in [0.25, 0.3) is 0 Å². The van der Waals surface area contributed by atoms with Gasteiger partial charge in [0.15, 0.2) is 0 Å². The van der Waals surface area contributed by atoms with Crippen LogP contribution >= 0.6 is 0 Å². The summed E-state index contributed by atoms with van der Waals surface area (Å²) in [7, 11) is 3.81. The van der Waals surface area contributed by atoms with Gasteiger partial charge >= 0.3 is 0 Å². The molecule has 106 valence electrons. The first-order valence-electron chi connectivity index (χ1n) is 6.44. The van der Waals surface area contributed by atoms with E-state index in [9.17, 15) is 4.79 Å². The van der Waals surface area contributed by atoms with Crippen LogP contribution in [0.3, 0.4) is 0 Å². The molecule has 4 N–H and O–H groups in total. The minimum atomic E-state index is -0.137. The second kappa shape index (κ2) is 6.99. The number of hydrogen-bond donors (Lipinski definition) is 3. The van der Waals surface area contributed by atoms with Crippen molar-refractivity contribution in [2.45, 2.75) is 25.8 Å². The highest BCUT2D eigenvalue weighted by atomic mass is 16.3. The predicted molar refractivity (Wildman–Crippen MR) is 78.4 cm³/mol. The van der Waals surface area contributed by atoms with Gasteiger partial charge in [0.25, 0.3) is 5.91 Å². The Kier molecular flexibility index (Phi) is 5.63. The van der Waals surface area contributed by atoms with Crippen molar-refractivity contribution in [3.8, 4) is 0 Å². The van der Waals surface area contributed by atoms with Gasteiger partial charge in [-0.25, -0.2) is 0 Å². The van der Waals surface area contributed by atoms with E-state index in [0.717, 1.165) is 12.1 Å². The molecule has 1 aromatic rings. The minimum Gasteiger partial charge on any atom is -0.397 e. The van der Waals surface area contributed by atoms with E-state index in [0.29, 0.717) is 17.7 Å². The third-order valence-electron chi connectivity index (χ3n) is 2.94. The molecule has 0 saturated heterocycles. The zero-order valence-corrected chi connectivity index (χ0v) is 11.8. The SMILES string of the molecule is CC(CCCO)NC(=O)c1ccc(N(C)C)c(N)c1. The Balaban J connectivity index is 2.70. The number of nitrogens with one attached hydrogen (secondary N) is 1. The lowest BCUT2D eigenvalue weighted by Crippen LogP contribution is -2.32. The van der Waals surface area contributed by atoms with Gasteiger partial charge in [0.2, 0.25) is 0 Å². The number of amides is 1. The third-order valence-corrected chi connectivity index (χ3v) is 2.94. The van der Waals surface area contributed by atoms with Gasteiger partial charge in [-0.15, -0.1) is 0 Å². The normalized spacial score (nSPS) is 12.0. The molecule has 0 aliphatic heterocycles. The van der Waals surface area contributed by atoms with E-state index in [-0.39, 0.29) is 18.6 Å². The average Bonchev–Trinajstić information content (AvgIpc) is 2.35. The number of carbonyl (C=O) groups excluding carboxylic acids is 1. The van der Waals surface area contributed by atoms with E-state index in [1.54, 1.807) is 12.1 Å². The molecule has 0 radical (unpaired) electrons. The summed E-state index contributed by atoms with van der Waals surface area (Å²) in [6.45, 7) is 2.07. The smallest absolute Gasteiger partial charge is 0.251 e. The molecule has 1 amide bonds. The van der Waals surface area contributed by atoms with Crippen molar-refractivity contribution in [3.05, 3.63) is 23.8 Å². The van der Waals surface area contributed by atoms with Gasteiger partial charge in [-0.1, -0.05) is 0 Å². The minimum absolute atomic E-state index is 0.0365. The fourth-order valence-electron chi connectivity index (χ4n) is 1.88. The van der Waals surface area contributed by atoms with E-state index in [1.165, 1.54) is 0 Å². The first-order chi connectivity index (χ1) is 8.95. The average molecular weight is 265 g/mol. The van der Waals surface area contributed by atoms with Gasteiger partial charge < -0.3 is 21.1 Å². The summed E-state index contributed by atoms with van der Waals surface area (Å²) in [5.74, 6) is -0.137. The van der Waals surface area contributed by atoms with Crippen molar-refractivity contribution < 1.29 is 9.90 Å². The summed E-state index contributed by atoms with van der Waals surface area (Å²) in [6.07, 6.45) is 1.44. The Bertz CT molecular complexity index is 433. The standard InChI is InChI=1S/C14H23N3O2/c1-10(5-4-8-18)16-14(19)11-6-7-13(17(2)3)12(15)9-11/h6-7,9-10,18H,4-5,8,15H2,1-3H3,(H,16,19). The lowest BCUT2D eigenvalue weighted by Gasteiger charge is -2.17. The third kappa shape index (κ3) is 4.44. The summed E-state index contributed by atoms with van der Waals surface area (Å²) in [5.41, 5.74) is 7.95. The van der Waals surface area contributed by atoms with Crippen LogP contribution in [0.4, 0.5) is 11.4 Å². The van der Waals surface area contributed by atoms with E-state index in [1.807, 2.05) is 32.0 Å². The topological polar surface area (TPSA) is 78.6 Å². The molecule has 0 spiro atoms. The lowest BCUT2D eigenvalue weighted by molar-refractivity contribution is 0.0936. The second-order valence-electron chi connectivity index (χ2n) is 4.91. The molecule has 1 unspecified atom stereocenters. The number of hydrogen-bond acceptors (Lipinski definition) is 4. The number of nitrogens with zero attached hydrogens (tertiary/aromatic N) is 1. The molecule has 1 aromatic carbocycles. The lowest BCUT2D eigenvalue weighted by atomic mass is 10.1. The van der Waals surface area contributed by atoms with E-state index >= 15 is 0 Å². The van der Waals surface area contributed by atoms with Gasteiger partial charge in [-0.2, -0.15) is 0 Å². The Morgan fingerprint density at radius 3 is 2.68 bits per heavy atom. The molecule has 0 aromatic heterocycles. The van der Waals surface area contributed by atoms with Crippen LogP contribution in [0.2, 0.25) is 0 Å². The molecule has 19 heavy (non-hydrogen) atoms. The maximum atomic E-state index is 12.0. The Labute approximate surface area is 114 Å². The maximum absolute atomic E-state index is 12.0. The van der Waals surface area contributed by atoms with Crippen molar-refractivity contribution in [1.29, 1.82) is 0 Å². The van der Waals surface area contributed by atoms with Crippen LogP contribution in [0.15, 0.2) is 18.2 Å². The maximum Gasteiger partial charge on any atom is 0.251 e. The highest BCUT2D eigenvalue weighted by molar-refractivity contribution is 5.96. The molecule has 1 atom stereocenters. The summed E-state index contributed by atoms with van der Waals surface area (Å²) < 4.78 is 0. The van der Waals surface area contributed by atoms with Crippen LogP contribution in [0.1, 0.15) is 30.1 Å². The number of anilines is 2. The van der Waals surface area contributed by atoms with Gasteiger partial charge in [0.05, 0.1) is 11.4 Å². The molecular formula is C14H23N3O2. The van der Waals surface area contributed by atoms with Crippen LogP contribution in [-0.4, -0.2) is 37.8 Å². The second-order valence-corrected chi connectivity index (χ2v) is 4.91. The molecule has 0 aliphatic carbocycles. The van der Waals surface area contributed by atoms with Crippen LogP contribution in [0.5, 0.6) is 0 Å². The highest BCUT2D eigenvalue weighted by Crippen LogP contribution is 2.22. The van der Waals surface area contributed by atoms with Crippen LogP contribution in [0, 0.1) is 0 Å². The first kappa shape index (κ1) is 15.3. The molecule has 5 heteroatoms. The summed E-state index contributed by atoms with van der Waals surface area (Å²) in [4.78, 5) is 13.9. The van der Waals surface area contributed by atoms with Gasteiger partial charge in [0, 0.05) is 32.3 Å². The van der Waals surface area contributed by atoms with Gasteiger partial charge in [0.1, 0.15) is 0 Å². The number of benzene rings is 1. The molecule has 0 aliphatic rings. The molecule has 0 fully saturated rings. The zero-order valence-electron chi connectivity index (χ0n) is 11.8. The highest BCUT2D eigenvalue weighted by Gasteiger charge is 2.11. The molecular weight excluding hydrogens is 242 g/mol. The number of nitrogens with two attached hydrogens (primary N) is 1. The van der Waals surface area contributed by atoms with E-state index < -0.39 is 0 Å². The Morgan fingerprint density at radius 1 is 1.47 bits per heavy atom. The van der Waals surface area contributed by atoms with E-state index in [4.69, 9.17) is 10.8 Å². The fourth-order valence-corrected chi connectivity index (χ4v) is 1.88. The molecule has 0 bridgehead atoms. The first-order valence-corrected chi connectivity index (χ1v) is 6.44. The number of rotatable bonds is 6. The molecule has 5 nitrogen and oxygen atoms in total. The van der Waals surface area contributed by atoms with Crippen molar-refractivity contribution in [3.63, 3.8) is 0 Å². The van der Waals surface area contributed by atoms with Crippen molar-refractivity contribution in [2.75, 3.05) is 31.3 Å². The fraction of sp³-hybridized carbons (Fsp3) is 0.500. The van der Waals surface area contributed by atoms with Crippen molar-refractivity contribution in [1.82, 2.24) is 5.32 Å². The molecule has 0 saturated carbocycles. The van der Waals surface area contributed by atoms with Crippen molar-refractivity contribution >= 4 is 17.3 Å². The Morgan fingerprint density at radius 2 is 2.16 bits per heavy atom. The van der Waals surface area contributed by atoms with Gasteiger partial charge in [-0.3, -0.25) is 4.79 Å². The summed E-state index contributed by atoms with van der Waals surface area (Å²) >= 11 is 0. The van der Waals surface area contributed by atoms with Crippen LogP contribution in [-0.2, 0) is 0 Å². The predicted octanol–water partition coefficient (Wildman–Crippen LogP) is 1.23. The van der Waals surface area contributed by atoms with Crippen molar-refractivity contribution in [2.24, 2.45) is 0 Å². The monoisotopic (exact) mass is 265 g/mol. The number of aliphatic hydroxyl groups is 1. The zero-order chi connectivity index (χ0) is 14.4. The summed E-state index contributed by atoms with van der Waals surface area (Å²) in [5, 5.41) is 11.6. The quantitative estimate of drug-likeness (QED) is 0.676. The summed E-state index contributed by atoms with van der Waals surface area (Å²) in [6, 6.07) is 5.32. The molecule has 1 rings (SSSR count). The van der Waals surface area contributed by atoms with Gasteiger partial charge in [-0.05, 0) is 38.0 Å². The Hall–Kier alpha value is -1.75.